The van der Waals surface area contributed by atoms with Crippen LogP contribution in [0, 0.1) is 25.6 Å². The molecule has 0 fully saturated rings. The number of aromatic nitrogens is 2. The average Bonchev–Trinajstić information content (AvgIpc) is 2.66. The van der Waals surface area contributed by atoms with E-state index in [0.29, 0.717) is 12.2 Å². The summed E-state index contributed by atoms with van der Waals surface area (Å²) in [6.07, 6.45) is 0. The molecule has 1 N–H and O–H groups in total. The Morgan fingerprint density at radius 1 is 1.48 bits per heavy atom. The Morgan fingerprint density at radius 3 is 2.76 bits per heavy atom. The van der Waals surface area contributed by atoms with Gasteiger partial charge in [0.25, 0.3) is 0 Å². The topological polar surface area (TPSA) is 46.9 Å². The van der Waals surface area contributed by atoms with Gasteiger partial charge in [-0.15, -0.1) is 0 Å². The molecule has 0 saturated carbocycles. The van der Waals surface area contributed by atoms with Crippen molar-refractivity contribution in [2.75, 3.05) is 5.32 Å². The lowest BCUT2D eigenvalue weighted by Crippen LogP contribution is -2.25. The Hall–Kier alpha value is -1.69. The van der Waals surface area contributed by atoms with Gasteiger partial charge in [-0.2, -0.15) is 5.10 Å². The molecule has 0 spiro atoms. The van der Waals surface area contributed by atoms with Crippen molar-refractivity contribution in [3.63, 3.8) is 0 Å². The summed E-state index contributed by atoms with van der Waals surface area (Å²) in [5, 5.41) is 7.09. The third-order valence-electron chi connectivity index (χ3n) is 3.28. The largest absolute Gasteiger partial charge is 0.326 e. The number of anilines is 1. The van der Waals surface area contributed by atoms with Crippen LogP contribution in [-0.2, 0) is 11.3 Å². The number of amides is 1. The highest BCUT2D eigenvalue weighted by Crippen LogP contribution is 2.21. The molecule has 1 unspecified atom stereocenters. The first-order valence-electron chi connectivity index (χ1n) is 6.64. The zero-order valence-corrected chi connectivity index (χ0v) is 13.7. The molecule has 1 amide bonds. The lowest BCUT2D eigenvalue weighted by atomic mass is 10.1. The van der Waals surface area contributed by atoms with E-state index in [0.717, 1.165) is 15.9 Å². The van der Waals surface area contributed by atoms with Crippen LogP contribution in [0.4, 0.5) is 10.1 Å². The number of rotatable bonds is 4. The summed E-state index contributed by atoms with van der Waals surface area (Å²) in [5.41, 5.74) is 2.34. The Bertz CT molecular complexity index is 669. The first kappa shape index (κ1) is 15.7. The molecule has 1 aromatic heterocycles. The van der Waals surface area contributed by atoms with Crippen LogP contribution < -0.4 is 5.32 Å². The van der Waals surface area contributed by atoms with Crippen molar-refractivity contribution in [3.05, 3.63) is 45.9 Å². The number of carbonyl (C=O) groups excluding carboxylic acids is 1. The van der Waals surface area contributed by atoms with Gasteiger partial charge in [-0.3, -0.25) is 9.48 Å². The maximum Gasteiger partial charge on any atom is 0.229 e. The molecule has 2 aromatic rings. The van der Waals surface area contributed by atoms with Gasteiger partial charge in [-0.05, 0) is 48.0 Å². The lowest BCUT2D eigenvalue weighted by Gasteiger charge is -2.13. The van der Waals surface area contributed by atoms with Gasteiger partial charge >= 0.3 is 0 Å². The molecule has 21 heavy (non-hydrogen) atoms. The van der Waals surface area contributed by atoms with Crippen LogP contribution in [0.3, 0.4) is 0 Å². The fraction of sp³-hybridized carbons (Fsp3) is 0.333. The monoisotopic (exact) mass is 353 g/mol. The van der Waals surface area contributed by atoms with E-state index in [1.807, 2.05) is 20.8 Å². The second-order valence-corrected chi connectivity index (χ2v) is 5.86. The minimum atomic E-state index is -0.372. The van der Waals surface area contributed by atoms with E-state index in [1.165, 1.54) is 12.1 Å². The van der Waals surface area contributed by atoms with Gasteiger partial charge in [0.15, 0.2) is 0 Å². The quantitative estimate of drug-likeness (QED) is 0.911. The van der Waals surface area contributed by atoms with E-state index in [2.05, 4.69) is 26.3 Å². The summed E-state index contributed by atoms with van der Waals surface area (Å²) in [7, 11) is 0. The molecule has 0 saturated heterocycles. The summed E-state index contributed by atoms with van der Waals surface area (Å²) in [6, 6.07) is 5.86. The minimum absolute atomic E-state index is 0.163. The molecule has 2 rings (SSSR count). The van der Waals surface area contributed by atoms with Gasteiger partial charge in [0.05, 0.1) is 22.6 Å². The Balaban J connectivity index is 2.04. The molecular weight excluding hydrogens is 337 g/mol. The van der Waals surface area contributed by atoms with Crippen LogP contribution in [0.25, 0.3) is 0 Å². The van der Waals surface area contributed by atoms with Gasteiger partial charge < -0.3 is 5.32 Å². The smallest absolute Gasteiger partial charge is 0.229 e. The first-order valence-corrected chi connectivity index (χ1v) is 7.43. The van der Waals surface area contributed by atoms with Crippen LogP contribution in [0.15, 0.2) is 28.7 Å². The van der Waals surface area contributed by atoms with E-state index in [1.54, 1.807) is 16.8 Å². The van der Waals surface area contributed by atoms with Crippen molar-refractivity contribution < 1.29 is 9.18 Å². The molecule has 1 aromatic carbocycles. The number of aryl methyl sites for hydroxylation is 1. The highest BCUT2D eigenvalue weighted by Gasteiger charge is 2.17. The third-order valence-corrected chi connectivity index (χ3v) is 4.43. The number of halogens is 2. The van der Waals surface area contributed by atoms with Crippen LogP contribution in [0.2, 0.25) is 0 Å². The SMILES string of the molecule is Cc1nn(CC(C)C(=O)Nc2cccc(F)c2)c(C)c1Br. The van der Waals surface area contributed by atoms with Crippen LogP contribution in [0.5, 0.6) is 0 Å². The fourth-order valence-electron chi connectivity index (χ4n) is 2.03. The van der Waals surface area contributed by atoms with Crippen LogP contribution >= 0.6 is 15.9 Å². The normalized spacial score (nSPS) is 12.2. The average molecular weight is 354 g/mol. The van der Waals surface area contributed by atoms with Crippen molar-refractivity contribution in [1.82, 2.24) is 9.78 Å². The fourth-order valence-corrected chi connectivity index (χ4v) is 2.31. The molecule has 0 radical (unpaired) electrons. The van der Waals surface area contributed by atoms with Crippen molar-refractivity contribution in [2.45, 2.75) is 27.3 Å². The summed E-state index contributed by atoms with van der Waals surface area (Å²) in [6.45, 7) is 6.14. The summed E-state index contributed by atoms with van der Waals surface area (Å²) < 4.78 is 15.9. The van der Waals surface area contributed by atoms with E-state index in [-0.39, 0.29) is 17.6 Å². The second-order valence-electron chi connectivity index (χ2n) is 5.07. The molecule has 0 aliphatic carbocycles. The van der Waals surface area contributed by atoms with Crippen molar-refractivity contribution >= 4 is 27.5 Å². The first-order chi connectivity index (χ1) is 9.88. The molecule has 0 bridgehead atoms. The zero-order chi connectivity index (χ0) is 15.6. The number of nitrogens with zero attached hydrogens (tertiary/aromatic N) is 2. The van der Waals surface area contributed by atoms with E-state index < -0.39 is 0 Å². The van der Waals surface area contributed by atoms with Crippen LogP contribution in [-0.4, -0.2) is 15.7 Å². The van der Waals surface area contributed by atoms with E-state index in [9.17, 15) is 9.18 Å². The van der Waals surface area contributed by atoms with Crippen LogP contribution in [0.1, 0.15) is 18.3 Å². The summed E-state index contributed by atoms with van der Waals surface area (Å²) in [4.78, 5) is 12.1. The molecule has 112 valence electrons. The van der Waals surface area contributed by atoms with Gasteiger partial charge in [-0.25, -0.2) is 4.39 Å². The third kappa shape index (κ3) is 3.69. The van der Waals surface area contributed by atoms with Crippen molar-refractivity contribution in [3.8, 4) is 0 Å². The number of hydrogen-bond donors (Lipinski definition) is 1. The molecule has 1 heterocycles. The number of benzene rings is 1. The molecular formula is C15H17BrFN3O. The molecule has 6 heteroatoms. The van der Waals surface area contributed by atoms with Gasteiger partial charge in [-0.1, -0.05) is 13.0 Å². The Morgan fingerprint density at radius 2 is 2.19 bits per heavy atom. The van der Waals surface area contributed by atoms with E-state index >= 15 is 0 Å². The standard InChI is InChI=1S/C15H17BrFN3O/c1-9(8-20-11(3)14(16)10(2)19-20)15(21)18-13-6-4-5-12(17)7-13/h4-7,9H,8H2,1-3H3,(H,18,21). The Labute approximate surface area is 131 Å². The maximum atomic E-state index is 13.1. The summed E-state index contributed by atoms with van der Waals surface area (Å²) >= 11 is 3.46. The number of hydrogen-bond acceptors (Lipinski definition) is 2. The molecule has 0 aliphatic rings. The predicted octanol–water partition coefficient (Wildman–Crippen LogP) is 3.68. The van der Waals surface area contributed by atoms with Gasteiger partial charge in [0.2, 0.25) is 5.91 Å². The second kappa shape index (κ2) is 6.39. The van der Waals surface area contributed by atoms with E-state index in [4.69, 9.17) is 0 Å². The number of carbonyl (C=O) groups is 1. The minimum Gasteiger partial charge on any atom is -0.326 e. The Kier molecular flexibility index (Phi) is 4.77. The highest BCUT2D eigenvalue weighted by molar-refractivity contribution is 9.10. The zero-order valence-electron chi connectivity index (χ0n) is 12.2. The predicted molar refractivity (Wildman–Crippen MR) is 83.6 cm³/mol. The van der Waals surface area contributed by atoms with Crippen molar-refractivity contribution in [1.29, 1.82) is 0 Å². The maximum absolute atomic E-state index is 13.1. The molecule has 4 nitrogen and oxygen atoms in total. The highest BCUT2D eigenvalue weighted by atomic mass is 79.9. The summed E-state index contributed by atoms with van der Waals surface area (Å²) in [5.74, 6) is -0.814. The molecule has 1 atom stereocenters. The van der Waals surface area contributed by atoms with Gasteiger partial charge in [0, 0.05) is 11.4 Å². The molecule has 0 aliphatic heterocycles. The number of nitrogens with one attached hydrogen (secondary N) is 1. The lowest BCUT2D eigenvalue weighted by molar-refractivity contribution is -0.119. The van der Waals surface area contributed by atoms with Crippen molar-refractivity contribution in [2.24, 2.45) is 5.92 Å². The van der Waals surface area contributed by atoms with Gasteiger partial charge in [0.1, 0.15) is 5.82 Å².